The molecular formula is C12H10ClFN2. The van der Waals surface area contributed by atoms with Gasteiger partial charge in [-0.3, -0.25) is 0 Å². The van der Waals surface area contributed by atoms with Gasteiger partial charge in [0, 0.05) is 11.3 Å². The molecule has 0 amide bonds. The molecule has 2 rings (SSSR count). The minimum atomic E-state index is -0.265. The molecule has 0 aliphatic carbocycles. The Balaban J connectivity index is 2.54. The van der Waals surface area contributed by atoms with Crippen LogP contribution in [0.4, 0.5) is 4.39 Å². The first-order chi connectivity index (χ1) is 7.56. The van der Waals surface area contributed by atoms with Gasteiger partial charge in [-0.2, -0.15) is 0 Å². The number of hydrogen-bond acceptors (Lipinski definition) is 2. The molecule has 16 heavy (non-hydrogen) atoms. The predicted molar refractivity (Wildman–Crippen MR) is 61.9 cm³/mol. The molecule has 0 unspecified atom stereocenters. The Morgan fingerprint density at radius 2 is 1.88 bits per heavy atom. The van der Waals surface area contributed by atoms with Gasteiger partial charge < -0.3 is 0 Å². The molecule has 0 radical (unpaired) electrons. The Kier molecular flexibility index (Phi) is 2.88. The molecule has 1 aromatic carbocycles. The molecule has 0 bridgehead atoms. The number of nitrogens with zero attached hydrogens (tertiary/aromatic N) is 2. The number of aryl methyl sites for hydroxylation is 2. The standard InChI is InChI=1S/C12H10ClFN2/c1-7-3-4-9(6-10(7)14)12-15-8(2)5-11(13)16-12/h3-6H,1-2H3. The lowest BCUT2D eigenvalue weighted by molar-refractivity contribution is 0.619. The average Bonchev–Trinajstić information content (AvgIpc) is 2.20. The van der Waals surface area contributed by atoms with Gasteiger partial charge in [-0.15, -0.1) is 0 Å². The molecule has 0 spiro atoms. The summed E-state index contributed by atoms with van der Waals surface area (Å²) in [6.45, 7) is 3.53. The molecule has 0 fully saturated rings. The van der Waals surface area contributed by atoms with Crippen molar-refractivity contribution in [1.29, 1.82) is 0 Å². The van der Waals surface area contributed by atoms with E-state index in [4.69, 9.17) is 11.6 Å². The number of aromatic nitrogens is 2. The number of benzene rings is 1. The van der Waals surface area contributed by atoms with Gasteiger partial charge >= 0.3 is 0 Å². The number of halogens is 2. The summed E-state index contributed by atoms with van der Waals surface area (Å²) in [6.07, 6.45) is 0. The summed E-state index contributed by atoms with van der Waals surface area (Å²) in [5.74, 6) is 0.183. The Morgan fingerprint density at radius 1 is 1.12 bits per heavy atom. The fraction of sp³-hybridized carbons (Fsp3) is 0.167. The Hall–Kier alpha value is -1.48. The van der Waals surface area contributed by atoms with Gasteiger partial charge in [0.05, 0.1) is 0 Å². The molecule has 82 valence electrons. The monoisotopic (exact) mass is 236 g/mol. The van der Waals surface area contributed by atoms with Crippen LogP contribution >= 0.6 is 11.6 Å². The van der Waals surface area contributed by atoms with Gasteiger partial charge in [-0.25, -0.2) is 14.4 Å². The fourth-order valence-electron chi connectivity index (χ4n) is 1.39. The average molecular weight is 237 g/mol. The molecule has 0 N–H and O–H groups in total. The van der Waals surface area contributed by atoms with Crippen LogP contribution in [0.5, 0.6) is 0 Å². The summed E-state index contributed by atoms with van der Waals surface area (Å²) in [7, 11) is 0. The van der Waals surface area contributed by atoms with Gasteiger partial charge in [0.25, 0.3) is 0 Å². The maximum absolute atomic E-state index is 13.4. The van der Waals surface area contributed by atoms with Crippen molar-refractivity contribution in [3.05, 3.63) is 46.5 Å². The lowest BCUT2D eigenvalue weighted by Gasteiger charge is -2.03. The van der Waals surface area contributed by atoms with Crippen molar-refractivity contribution in [2.75, 3.05) is 0 Å². The van der Waals surface area contributed by atoms with Crippen molar-refractivity contribution in [3.8, 4) is 11.4 Å². The number of hydrogen-bond donors (Lipinski definition) is 0. The largest absolute Gasteiger partial charge is 0.233 e. The SMILES string of the molecule is Cc1cc(Cl)nc(-c2ccc(C)c(F)c2)n1. The van der Waals surface area contributed by atoms with Gasteiger partial charge in [0.15, 0.2) is 5.82 Å². The first-order valence-corrected chi connectivity index (χ1v) is 5.22. The summed E-state index contributed by atoms with van der Waals surface area (Å²) >= 11 is 5.83. The maximum atomic E-state index is 13.4. The van der Waals surface area contributed by atoms with Crippen LogP contribution in [0.25, 0.3) is 11.4 Å². The van der Waals surface area contributed by atoms with E-state index in [0.29, 0.717) is 22.1 Å². The van der Waals surface area contributed by atoms with E-state index in [1.807, 2.05) is 6.92 Å². The summed E-state index contributed by atoms with van der Waals surface area (Å²) < 4.78 is 13.4. The van der Waals surface area contributed by atoms with E-state index in [9.17, 15) is 4.39 Å². The second-order valence-corrected chi connectivity index (χ2v) is 4.01. The molecule has 4 heteroatoms. The zero-order valence-corrected chi connectivity index (χ0v) is 9.72. The highest BCUT2D eigenvalue weighted by molar-refractivity contribution is 6.29. The van der Waals surface area contributed by atoms with Crippen LogP contribution in [0.15, 0.2) is 24.3 Å². The van der Waals surface area contributed by atoms with Gasteiger partial charge in [-0.1, -0.05) is 23.7 Å². The smallest absolute Gasteiger partial charge is 0.161 e. The lowest BCUT2D eigenvalue weighted by atomic mass is 10.1. The van der Waals surface area contributed by atoms with Gasteiger partial charge in [-0.05, 0) is 31.5 Å². The zero-order valence-electron chi connectivity index (χ0n) is 8.96. The lowest BCUT2D eigenvalue weighted by Crippen LogP contribution is -1.93. The maximum Gasteiger partial charge on any atom is 0.161 e. The molecule has 0 saturated heterocycles. The third kappa shape index (κ3) is 2.19. The van der Waals surface area contributed by atoms with E-state index in [1.54, 1.807) is 25.1 Å². The van der Waals surface area contributed by atoms with E-state index in [0.717, 1.165) is 5.69 Å². The third-order valence-corrected chi connectivity index (χ3v) is 2.45. The molecule has 1 aromatic heterocycles. The van der Waals surface area contributed by atoms with Crippen molar-refractivity contribution >= 4 is 11.6 Å². The highest BCUT2D eigenvalue weighted by Crippen LogP contribution is 2.20. The second kappa shape index (κ2) is 4.18. The minimum absolute atomic E-state index is 0.265. The normalized spacial score (nSPS) is 10.5. The summed E-state index contributed by atoms with van der Waals surface area (Å²) in [4.78, 5) is 8.28. The highest BCUT2D eigenvalue weighted by atomic mass is 35.5. The van der Waals surface area contributed by atoms with Gasteiger partial charge in [0.1, 0.15) is 11.0 Å². The summed E-state index contributed by atoms with van der Waals surface area (Å²) in [6, 6.07) is 6.56. The van der Waals surface area contributed by atoms with Crippen LogP contribution in [-0.4, -0.2) is 9.97 Å². The first kappa shape index (κ1) is 11.0. The predicted octanol–water partition coefficient (Wildman–Crippen LogP) is 3.55. The van der Waals surface area contributed by atoms with Crippen molar-refractivity contribution in [1.82, 2.24) is 9.97 Å². The van der Waals surface area contributed by atoms with Crippen LogP contribution in [0.3, 0.4) is 0 Å². The summed E-state index contributed by atoms with van der Waals surface area (Å²) in [5.41, 5.74) is 1.99. The fourth-order valence-corrected chi connectivity index (χ4v) is 1.63. The molecule has 0 saturated carbocycles. The quantitative estimate of drug-likeness (QED) is 0.708. The van der Waals surface area contributed by atoms with Gasteiger partial charge in [0.2, 0.25) is 0 Å². The summed E-state index contributed by atoms with van der Waals surface area (Å²) in [5, 5.41) is 0.364. The van der Waals surface area contributed by atoms with Crippen LogP contribution < -0.4 is 0 Å². The van der Waals surface area contributed by atoms with Crippen molar-refractivity contribution in [3.63, 3.8) is 0 Å². The molecule has 2 nitrogen and oxygen atoms in total. The van der Waals surface area contributed by atoms with E-state index >= 15 is 0 Å². The van der Waals surface area contributed by atoms with E-state index in [-0.39, 0.29) is 5.82 Å². The topological polar surface area (TPSA) is 25.8 Å². The molecule has 0 atom stereocenters. The van der Waals surface area contributed by atoms with Crippen LogP contribution in [0.1, 0.15) is 11.3 Å². The Morgan fingerprint density at radius 3 is 2.50 bits per heavy atom. The highest BCUT2D eigenvalue weighted by Gasteiger charge is 2.06. The van der Waals surface area contributed by atoms with E-state index in [1.165, 1.54) is 6.07 Å². The van der Waals surface area contributed by atoms with Crippen LogP contribution in [-0.2, 0) is 0 Å². The molecule has 2 aromatic rings. The molecule has 0 aliphatic rings. The van der Waals surface area contributed by atoms with Crippen LogP contribution in [0.2, 0.25) is 5.15 Å². The zero-order chi connectivity index (χ0) is 11.7. The Labute approximate surface area is 98.1 Å². The van der Waals surface area contributed by atoms with E-state index in [2.05, 4.69) is 9.97 Å². The van der Waals surface area contributed by atoms with Crippen molar-refractivity contribution in [2.45, 2.75) is 13.8 Å². The van der Waals surface area contributed by atoms with Crippen molar-refractivity contribution in [2.24, 2.45) is 0 Å². The molecule has 1 heterocycles. The van der Waals surface area contributed by atoms with Crippen molar-refractivity contribution < 1.29 is 4.39 Å². The Bertz CT molecular complexity index is 520. The second-order valence-electron chi connectivity index (χ2n) is 3.62. The molecular weight excluding hydrogens is 227 g/mol. The minimum Gasteiger partial charge on any atom is -0.233 e. The number of rotatable bonds is 1. The third-order valence-electron chi connectivity index (χ3n) is 2.25. The first-order valence-electron chi connectivity index (χ1n) is 4.84. The van der Waals surface area contributed by atoms with Crippen LogP contribution in [0, 0.1) is 19.7 Å². The van der Waals surface area contributed by atoms with E-state index < -0.39 is 0 Å². The molecule has 0 aliphatic heterocycles.